The first-order valence-corrected chi connectivity index (χ1v) is 12.5. The van der Waals surface area contributed by atoms with Crippen molar-refractivity contribution in [1.82, 2.24) is 4.31 Å². The quantitative estimate of drug-likeness (QED) is 0.703. The summed E-state index contributed by atoms with van der Waals surface area (Å²) in [5, 5.41) is 9.41. The van der Waals surface area contributed by atoms with E-state index in [1.165, 1.54) is 17.5 Å². The zero-order valence-corrected chi connectivity index (χ0v) is 18.2. The second-order valence-electron chi connectivity index (χ2n) is 9.27. The molecule has 2 aromatic rings. The standard InChI is InChI=1S/C25H28N2O2S/c1-17-7-11-21(12-8-17)30(28,29)27-16-20-14-19-10-9-18(15-26)13-23(19)22-5-3-2-4-6-24(27)25(20)22/h7-13,20,22,24-25H,2-6,14,16H2,1H3. The van der Waals surface area contributed by atoms with E-state index in [0.29, 0.717) is 34.8 Å². The van der Waals surface area contributed by atoms with E-state index < -0.39 is 10.0 Å². The summed E-state index contributed by atoms with van der Waals surface area (Å²) in [4.78, 5) is 0.412. The van der Waals surface area contributed by atoms with Gasteiger partial charge >= 0.3 is 0 Å². The van der Waals surface area contributed by atoms with Crippen LogP contribution in [0, 0.1) is 30.1 Å². The third kappa shape index (κ3) is 3.18. The second-order valence-corrected chi connectivity index (χ2v) is 11.2. The van der Waals surface area contributed by atoms with Crippen molar-refractivity contribution in [2.45, 2.75) is 62.3 Å². The molecule has 3 aliphatic rings. The molecule has 1 saturated carbocycles. The lowest BCUT2D eigenvalue weighted by atomic mass is 9.65. The highest BCUT2D eigenvalue weighted by Crippen LogP contribution is 2.52. The molecule has 0 spiro atoms. The Labute approximate surface area is 179 Å². The first-order chi connectivity index (χ1) is 14.5. The van der Waals surface area contributed by atoms with Gasteiger partial charge in [-0.25, -0.2) is 8.42 Å². The van der Waals surface area contributed by atoms with Crippen molar-refractivity contribution in [3.8, 4) is 6.07 Å². The molecule has 0 aromatic heterocycles. The SMILES string of the molecule is Cc1ccc(S(=O)(=O)N2CC3Cc4ccc(C#N)cc4C4CCCCCC2C34)cc1. The highest BCUT2D eigenvalue weighted by atomic mass is 32.2. The average molecular weight is 421 g/mol. The topological polar surface area (TPSA) is 61.2 Å². The average Bonchev–Trinajstić information content (AvgIpc) is 3.09. The minimum absolute atomic E-state index is 0.0606. The molecule has 0 amide bonds. The van der Waals surface area contributed by atoms with Gasteiger partial charge in [-0.1, -0.05) is 43.0 Å². The monoisotopic (exact) mass is 420 g/mol. The molecule has 0 N–H and O–H groups in total. The molecule has 0 radical (unpaired) electrons. The Morgan fingerprint density at radius 1 is 1.03 bits per heavy atom. The number of fused-ring (bicyclic) bond motifs is 2. The summed E-state index contributed by atoms with van der Waals surface area (Å²) in [6.45, 7) is 2.59. The van der Waals surface area contributed by atoms with Crippen LogP contribution in [0.3, 0.4) is 0 Å². The van der Waals surface area contributed by atoms with Gasteiger partial charge in [0.2, 0.25) is 10.0 Å². The Kier molecular flexibility index (Phi) is 4.95. The Morgan fingerprint density at radius 2 is 1.80 bits per heavy atom. The van der Waals surface area contributed by atoms with Gasteiger partial charge in [-0.15, -0.1) is 0 Å². The first-order valence-electron chi connectivity index (χ1n) is 11.1. The number of nitrogens with zero attached hydrogens (tertiary/aromatic N) is 2. The Morgan fingerprint density at radius 3 is 2.57 bits per heavy atom. The second kappa shape index (κ2) is 7.51. The number of nitriles is 1. The minimum atomic E-state index is -3.51. The number of benzene rings is 2. The maximum Gasteiger partial charge on any atom is 0.243 e. The van der Waals surface area contributed by atoms with Crippen molar-refractivity contribution < 1.29 is 8.42 Å². The molecule has 5 heteroatoms. The van der Waals surface area contributed by atoms with Gasteiger partial charge in [0.05, 0.1) is 16.5 Å². The van der Waals surface area contributed by atoms with E-state index >= 15 is 0 Å². The fourth-order valence-electron chi connectivity index (χ4n) is 6.18. The van der Waals surface area contributed by atoms with Crippen LogP contribution in [0.5, 0.6) is 0 Å². The smallest absolute Gasteiger partial charge is 0.207 e. The summed E-state index contributed by atoms with van der Waals surface area (Å²) in [6.07, 6.45) is 6.37. The Hall–Kier alpha value is -2.16. The van der Waals surface area contributed by atoms with Crippen LogP contribution in [0.1, 0.15) is 60.3 Å². The molecule has 4 nitrogen and oxygen atoms in total. The number of sulfonamides is 1. The van der Waals surface area contributed by atoms with Crippen LogP contribution < -0.4 is 0 Å². The van der Waals surface area contributed by atoms with E-state index in [9.17, 15) is 13.7 Å². The first kappa shape index (κ1) is 19.8. The maximum absolute atomic E-state index is 13.6. The van der Waals surface area contributed by atoms with E-state index in [1.54, 1.807) is 12.1 Å². The van der Waals surface area contributed by atoms with Crippen LogP contribution in [0.2, 0.25) is 0 Å². The zero-order chi connectivity index (χ0) is 20.9. The van der Waals surface area contributed by atoms with Gasteiger partial charge in [0.1, 0.15) is 0 Å². The lowest BCUT2D eigenvalue weighted by Gasteiger charge is -2.40. The van der Waals surface area contributed by atoms with Crippen LogP contribution in [0.4, 0.5) is 0 Å². The van der Waals surface area contributed by atoms with Gasteiger partial charge in [-0.2, -0.15) is 9.57 Å². The Bertz CT molecular complexity index is 1100. The fraction of sp³-hybridized carbons (Fsp3) is 0.480. The molecule has 4 unspecified atom stereocenters. The van der Waals surface area contributed by atoms with E-state index in [-0.39, 0.29) is 6.04 Å². The summed E-state index contributed by atoms with van der Waals surface area (Å²) >= 11 is 0. The summed E-state index contributed by atoms with van der Waals surface area (Å²) in [7, 11) is -3.51. The van der Waals surface area contributed by atoms with E-state index in [4.69, 9.17) is 0 Å². The molecular weight excluding hydrogens is 392 g/mol. The minimum Gasteiger partial charge on any atom is -0.207 e. The van der Waals surface area contributed by atoms with Crippen molar-refractivity contribution in [3.63, 3.8) is 0 Å². The van der Waals surface area contributed by atoms with Crippen molar-refractivity contribution in [1.29, 1.82) is 5.26 Å². The molecule has 1 aliphatic heterocycles. The van der Waals surface area contributed by atoms with Gasteiger partial charge in [-0.3, -0.25) is 0 Å². The van der Waals surface area contributed by atoms with Gasteiger partial charge in [-0.05, 0) is 79.3 Å². The van der Waals surface area contributed by atoms with Gasteiger partial charge in [0.15, 0.2) is 0 Å². The van der Waals surface area contributed by atoms with Crippen LogP contribution >= 0.6 is 0 Å². The summed E-state index contributed by atoms with van der Waals surface area (Å²) in [6, 6.07) is 15.7. The lowest BCUT2D eigenvalue weighted by molar-refractivity contribution is 0.219. The summed E-state index contributed by atoms with van der Waals surface area (Å²) < 4.78 is 29.1. The molecular formula is C25H28N2O2S. The molecule has 1 saturated heterocycles. The van der Waals surface area contributed by atoms with Crippen LogP contribution in [0.25, 0.3) is 0 Å². The molecule has 2 aliphatic carbocycles. The fourth-order valence-corrected chi connectivity index (χ4v) is 7.92. The van der Waals surface area contributed by atoms with Crippen molar-refractivity contribution >= 4 is 10.0 Å². The zero-order valence-electron chi connectivity index (χ0n) is 17.4. The van der Waals surface area contributed by atoms with E-state index in [0.717, 1.165) is 37.7 Å². The molecule has 156 valence electrons. The van der Waals surface area contributed by atoms with Crippen LogP contribution in [0.15, 0.2) is 47.4 Å². The lowest BCUT2D eigenvalue weighted by Crippen LogP contribution is -2.40. The van der Waals surface area contributed by atoms with Crippen molar-refractivity contribution in [2.75, 3.05) is 6.54 Å². The molecule has 30 heavy (non-hydrogen) atoms. The molecule has 2 aromatic carbocycles. The summed E-state index contributed by atoms with van der Waals surface area (Å²) in [5.41, 5.74) is 4.40. The maximum atomic E-state index is 13.6. The third-order valence-electron chi connectivity index (χ3n) is 7.54. The number of rotatable bonds is 2. The highest BCUT2D eigenvalue weighted by molar-refractivity contribution is 7.89. The van der Waals surface area contributed by atoms with E-state index in [1.807, 2.05) is 29.4 Å². The molecule has 5 rings (SSSR count). The largest absolute Gasteiger partial charge is 0.243 e. The Balaban J connectivity index is 1.56. The predicted octanol–water partition coefficient (Wildman–Crippen LogP) is 4.78. The number of hydrogen-bond acceptors (Lipinski definition) is 3. The summed E-state index contributed by atoms with van der Waals surface area (Å²) in [5.74, 6) is 1.07. The molecule has 1 heterocycles. The normalized spacial score (nSPS) is 28.7. The molecule has 4 atom stereocenters. The predicted molar refractivity (Wildman–Crippen MR) is 117 cm³/mol. The number of aryl methyl sites for hydroxylation is 1. The number of hydrogen-bond donors (Lipinski definition) is 0. The van der Waals surface area contributed by atoms with Gasteiger partial charge in [0.25, 0.3) is 0 Å². The van der Waals surface area contributed by atoms with Crippen LogP contribution in [-0.4, -0.2) is 25.3 Å². The van der Waals surface area contributed by atoms with Crippen LogP contribution in [-0.2, 0) is 16.4 Å². The third-order valence-corrected chi connectivity index (χ3v) is 9.44. The highest BCUT2D eigenvalue weighted by Gasteiger charge is 2.52. The molecule has 0 bridgehead atoms. The van der Waals surface area contributed by atoms with Gasteiger partial charge in [0, 0.05) is 12.6 Å². The van der Waals surface area contributed by atoms with Gasteiger partial charge < -0.3 is 0 Å². The van der Waals surface area contributed by atoms with Crippen molar-refractivity contribution in [2.24, 2.45) is 11.8 Å². The molecule has 2 fully saturated rings. The van der Waals surface area contributed by atoms with E-state index in [2.05, 4.69) is 18.2 Å². The van der Waals surface area contributed by atoms with Crippen molar-refractivity contribution in [3.05, 3.63) is 64.7 Å².